The number of carbonyl (C=O) groups excluding carboxylic acids is 1. The quantitative estimate of drug-likeness (QED) is 0.901. The van der Waals surface area contributed by atoms with Gasteiger partial charge < -0.3 is 5.32 Å². The van der Waals surface area contributed by atoms with Gasteiger partial charge in [-0.1, -0.05) is 26.0 Å². The zero-order valence-corrected chi connectivity index (χ0v) is 14.8. The lowest BCUT2D eigenvalue weighted by atomic mass is 9.72. The van der Waals surface area contributed by atoms with Gasteiger partial charge in [0.15, 0.2) is 0 Å². The van der Waals surface area contributed by atoms with Crippen LogP contribution in [-0.4, -0.2) is 21.2 Å². The predicted octanol–water partition coefficient (Wildman–Crippen LogP) is 3.92. The molecule has 0 radical (unpaired) electrons. The normalized spacial score (nSPS) is 29.4. The van der Waals surface area contributed by atoms with Gasteiger partial charge >= 0.3 is 0 Å². The van der Waals surface area contributed by atoms with Gasteiger partial charge in [-0.2, -0.15) is 5.10 Å². The number of aromatic nitrogens is 2. The first-order valence-electron chi connectivity index (χ1n) is 8.82. The van der Waals surface area contributed by atoms with Gasteiger partial charge in [0.25, 0.3) is 12.3 Å². The zero-order chi connectivity index (χ0) is 18.0. The highest BCUT2D eigenvalue weighted by Gasteiger charge is 2.63. The Bertz CT molecular complexity index is 806. The SMILES string of the molecule is Cn1cc(C(=O)NC23CCC(C4=C2CCC=C4)C3(C)C)c(C(F)F)n1. The standard InChI is InChI=1S/C19H23F2N3O/c1-18(2)13-8-9-19(18,14-7-5-4-6-11(13)14)22-17(25)12-10-24(3)23-15(12)16(20)21/h4,6,10,13,16H,5,7-9H2,1-3H3,(H,22,25). The van der Waals surface area contributed by atoms with Crippen LogP contribution in [0.15, 0.2) is 29.5 Å². The summed E-state index contributed by atoms with van der Waals surface area (Å²) in [6.45, 7) is 4.38. The number of halogens is 2. The molecule has 0 aliphatic heterocycles. The molecule has 4 rings (SSSR count). The summed E-state index contributed by atoms with van der Waals surface area (Å²) in [6.07, 6.45) is 6.81. The van der Waals surface area contributed by atoms with Crippen molar-refractivity contribution in [2.75, 3.05) is 0 Å². The van der Waals surface area contributed by atoms with Crippen molar-refractivity contribution in [3.05, 3.63) is 40.8 Å². The zero-order valence-electron chi connectivity index (χ0n) is 14.8. The van der Waals surface area contributed by atoms with Crippen LogP contribution in [0.2, 0.25) is 0 Å². The smallest absolute Gasteiger partial charge is 0.282 e. The van der Waals surface area contributed by atoms with E-state index in [9.17, 15) is 13.6 Å². The molecule has 2 bridgehead atoms. The van der Waals surface area contributed by atoms with E-state index in [-0.39, 0.29) is 11.0 Å². The molecule has 6 heteroatoms. The highest BCUT2D eigenvalue weighted by atomic mass is 19.3. The van der Waals surface area contributed by atoms with Gasteiger partial charge in [0.05, 0.1) is 11.1 Å². The number of alkyl halides is 2. The molecule has 4 nitrogen and oxygen atoms in total. The first kappa shape index (κ1) is 16.5. The highest BCUT2D eigenvalue weighted by molar-refractivity contribution is 5.96. The minimum absolute atomic E-state index is 0.0217. The molecule has 2 unspecified atom stereocenters. The summed E-state index contributed by atoms with van der Waals surface area (Å²) in [4.78, 5) is 12.9. The lowest BCUT2D eigenvalue weighted by molar-refractivity contribution is 0.0833. The first-order valence-corrected chi connectivity index (χ1v) is 8.82. The van der Waals surface area contributed by atoms with E-state index in [0.717, 1.165) is 25.7 Å². The van der Waals surface area contributed by atoms with Crippen molar-refractivity contribution in [3.63, 3.8) is 0 Å². The third-order valence-corrected chi connectivity index (χ3v) is 6.51. The summed E-state index contributed by atoms with van der Waals surface area (Å²) < 4.78 is 27.8. The fourth-order valence-corrected chi connectivity index (χ4v) is 5.30. The third-order valence-electron chi connectivity index (χ3n) is 6.51. The maximum atomic E-state index is 13.2. The minimum Gasteiger partial charge on any atom is -0.342 e. The Morgan fingerprint density at radius 3 is 2.92 bits per heavy atom. The number of hydrogen-bond donors (Lipinski definition) is 1. The Morgan fingerprint density at radius 2 is 2.20 bits per heavy atom. The Labute approximate surface area is 146 Å². The van der Waals surface area contributed by atoms with Crippen molar-refractivity contribution in [3.8, 4) is 0 Å². The summed E-state index contributed by atoms with van der Waals surface area (Å²) in [6, 6.07) is 0. The summed E-state index contributed by atoms with van der Waals surface area (Å²) in [5.74, 6) is -0.0248. The van der Waals surface area contributed by atoms with Gasteiger partial charge in [0.2, 0.25) is 0 Å². The Balaban J connectivity index is 1.73. The molecule has 0 spiro atoms. The maximum absolute atomic E-state index is 13.2. The number of amides is 1. The van der Waals surface area contributed by atoms with Crippen LogP contribution >= 0.6 is 0 Å². The van der Waals surface area contributed by atoms with E-state index in [0.29, 0.717) is 5.92 Å². The van der Waals surface area contributed by atoms with E-state index in [1.807, 2.05) is 0 Å². The Morgan fingerprint density at radius 1 is 1.44 bits per heavy atom. The van der Waals surface area contributed by atoms with Crippen LogP contribution < -0.4 is 5.32 Å². The molecule has 1 saturated carbocycles. The fourth-order valence-electron chi connectivity index (χ4n) is 5.30. The Kier molecular flexibility index (Phi) is 3.47. The van der Waals surface area contributed by atoms with Gasteiger partial charge in [-0.15, -0.1) is 0 Å². The molecule has 1 N–H and O–H groups in total. The van der Waals surface area contributed by atoms with E-state index < -0.39 is 23.6 Å². The van der Waals surface area contributed by atoms with E-state index in [2.05, 4.69) is 36.4 Å². The van der Waals surface area contributed by atoms with Crippen LogP contribution in [0.25, 0.3) is 0 Å². The molecule has 25 heavy (non-hydrogen) atoms. The minimum atomic E-state index is -2.76. The summed E-state index contributed by atoms with van der Waals surface area (Å²) in [7, 11) is 1.55. The molecule has 1 amide bonds. The van der Waals surface area contributed by atoms with Crippen molar-refractivity contribution >= 4 is 5.91 Å². The average molecular weight is 347 g/mol. The average Bonchev–Trinajstić information content (AvgIpc) is 3.12. The molecule has 1 aromatic rings. The van der Waals surface area contributed by atoms with Crippen molar-refractivity contribution in [1.29, 1.82) is 0 Å². The lowest BCUT2D eigenvalue weighted by Gasteiger charge is -2.42. The van der Waals surface area contributed by atoms with Gasteiger partial charge in [0, 0.05) is 13.2 Å². The number of allylic oxidation sites excluding steroid dienone is 3. The van der Waals surface area contributed by atoms with Crippen LogP contribution in [0.5, 0.6) is 0 Å². The van der Waals surface area contributed by atoms with E-state index in [4.69, 9.17) is 0 Å². The number of aryl methyl sites for hydroxylation is 1. The monoisotopic (exact) mass is 347 g/mol. The molecule has 1 fully saturated rings. The van der Waals surface area contributed by atoms with Gasteiger partial charge in [-0.05, 0) is 48.2 Å². The van der Waals surface area contributed by atoms with Gasteiger partial charge in [-0.3, -0.25) is 9.48 Å². The van der Waals surface area contributed by atoms with Gasteiger partial charge in [-0.25, -0.2) is 8.78 Å². The maximum Gasteiger partial charge on any atom is 0.282 e. The van der Waals surface area contributed by atoms with Gasteiger partial charge in [0.1, 0.15) is 5.69 Å². The molecule has 134 valence electrons. The second-order valence-corrected chi connectivity index (χ2v) is 7.95. The summed E-state index contributed by atoms with van der Waals surface area (Å²) in [5, 5.41) is 6.95. The van der Waals surface area contributed by atoms with Crippen LogP contribution in [0.4, 0.5) is 8.78 Å². The first-order chi connectivity index (χ1) is 11.8. The van der Waals surface area contributed by atoms with E-state index in [1.165, 1.54) is 22.0 Å². The Hall–Kier alpha value is -1.98. The predicted molar refractivity (Wildman–Crippen MR) is 90.3 cm³/mol. The van der Waals surface area contributed by atoms with Crippen LogP contribution in [0, 0.1) is 11.3 Å². The molecular weight excluding hydrogens is 324 g/mol. The molecule has 1 aromatic heterocycles. The van der Waals surface area contributed by atoms with Crippen molar-refractivity contribution in [2.45, 2.75) is 51.5 Å². The van der Waals surface area contributed by atoms with E-state index in [1.54, 1.807) is 7.05 Å². The number of carbonyl (C=O) groups is 1. The highest BCUT2D eigenvalue weighted by Crippen LogP contribution is 2.64. The summed E-state index contributed by atoms with van der Waals surface area (Å²) in [5.41, 5.74) is 1.63. The molecule has 1 heterocycles. The molecule has 2 atom stereocenters. The number of hydrogen-bond acceptors (Lipinski definition) is 2. The summed E-state index contributed by atoms with van der Waals surface area (Å²) >= 11 is 0. The van der Waals surface area contributed by atoms with Crippen molar-refractivity contribution in [2.24, 2.45) is 18.4 Å². The topological polar surface area (TPSA) is 46.9 Å². The van der Waals surface area contributed by atoms with Crippen molar-refractivity contribution in [1.82, 2.24) is 15.1 Å². The van der Waals surface area contributed by atoms with Crippen LogP contribution in [-0.2, 0) is 7.05 Å². The number of nitrogens with one attached hydrogen (secondary N) is 1. The van der Waals surface area contributed by atoms with E-state index >= 15 is 0 Å². The number of nitrogens with zero attached hydrogens (tertiary/aromatic N) is 2. The number of rotatable bonds is 3. The van der Waals surface area contributed by atoms with Crippen molar-refractivity contribution < 1.29 is 13.6 Å². The van der Waals surface area contributed by atoms with Crippen LogP contribution in [0.1, 0.15) is 62.0 Å². The molecule has 3 aliphatic rings. The van der Waals surface area contributed by atoms with Crippen LogP contribution in [0.3, 0.4) is 0 Å². The lowest BCUT2D eigenvalue weighted by Crippen LogP contribution is -2.55. The largest absolute Gasteiger partial charge is 0.342 e. The molecular formula is C19H23F2N3O. The second-order valence-electron chi connectivity index (χ2n) is 7.95. The third kappa shape index (κ3) is 2.09. The molecule has 3 aliphatic carbocycles. The molecule has 0 aromatic carbocycles. The molecule has 0 saturated heterocycles. The number of fused-ring (bicyclic) bond motifs is 4. The second kappa shape index (κ2) is 5.26. The fraction of sp³-hybridized carbons (Fsp3) is 0.579.